The number of fused-ring (bicyclic) bond motifs is 1. The van der Waals surface area contributed by atoms with Crippen LogP contribution in [0.2, 0.25) is 0 Å². The fourth-order valence-electron chi connectivity index (χ4n) is 1.49. The number of aromatic nitrogens is 2. The standard InChI is InChI=1S/C11H12N2O/c1-11(2,8-14)9-7-12-13-6-4-3-5-10(9)13/h3-8H,1-2H3. The molecular formula is C11H12N2O. The average Bonchev–Trinajstić information content (AvgIpc) is 2.61. The number of hydrogen-bond donors (Lipinski definition) is 0. The molecule has 2 heterocycles. The van der Waals surface area contributed by atoms with Crippen molar-refractivity contribution in [2.75, 3.05) is 0 Å². The van der Waals surface area contributed by atoms with Gasteiger partial charge in [0.1, 0.15) is 6.29 Å². The third-order valence-corrected chi connectivity index (χ3v) is 2.42. The van der Waals surface area contributed by atoms with Crippen LogP contribution in [0.25, 0.3) is 5.52 Å². The number of rotatable bonds is 2. The van der Waals surface area contributed by atoms with Crippen LogP contribution in [0, 0.1) is 0 Å². The van der Waals surface area contributed by atoms with Crippen LogP contribution in [0.1, 0.15) is 19.4 Å². The first-order chi connectivity index (χ1) is 6.65. The van der Waals surface area contributed by atoms with Crippen molar-refractivity contribution in [3.8, 4) is 0 Å². The van der Waals surface area contributed by atoms with Gasteiger partial charge in [-0.15, -0.1) is 0 Å². The lowest BCUT2D eigenvalue weighted by Gasteiger charge is -2.14. The lowest BCUT2D eigenvalue weighted by atomic mass is 9.87. The van der Waals surface area contributed by atoms with Crippen molar-refractivity contribution in [1.29, 1.82) is 0 Å². The molecule has 0 saturated heterocycles. The van der Waals surface area contributed by atoms with Crippen LogP contribution in [0.5, 0.6) is 0 Å². The largest absolute Gasteiger partial charge is 0.302 e. The predicted molar refractivity (Wildman–Crippen MR) is 54.3 cm³/mol. The third kappa shape index (κ3) is 1.21. The highest BCUT2D eigenvalue weighted by Gasteiger charge is 2.23. The summed E-state index contributed by atoms with van der Waals surface area (Å²) < 4.78 is 1.78. The van der Waals surface area contributed by atoms with Crippen molar-refractivity contribution in [3.05, 3.63) is 36.2 Å². The van der Waals surface area contributed by atoms with Crippen LogP contribution in [0.4, 0.5) is 0 Å². The molecule has 2 aromatic rings. The summed E-state index contributed by atoms with van der Waals surface area (Å²) in [7, 11) is 0. The normalized spacial score (nSPS) is 11.9. The Bertz CT molecular complexity index is 471. The summed E-state index contributed by atoms with van der Waals surface area (Å²) in [6.07, 6.45) is 4.58. The topological polar surface area (TPSA) is 34.4 Å². The van der Waals surface area contributed by atoms with Crippen LogP contribution in [0.3, 0.4) is 0 Å². The summed E-state index contributed by atoms with van der Waals surface area (Å²) in [6, 6.07) is 5.83. The van der Waals surface area contributed by atoms with Gasteiger partial charge in [0.2, 0.25) is 0 Å². The van der Waals surface area contributed by atoms with Crippen LogP contribution in [0.15, 0.2) is 30.6 Å². The number of pyridine rings is 1. The zero-order chi connectivity index (χ0) is 10.2. The number of nitrogens with zero attached hydrogens (tertiary/aromatic N) is 2. The maximum absolute atomic E-state index is 10.9. The summed E-state index contributed by atoms with van der Waals surface area (Å²) in [4.78, 5) is 10.9. The van der Waals surface area contributed by atoms with E-state index in [1.807, 2.05) is 38.2 Å². The Balaban J connectivity index is 2.70. The van der Waals surface area contributed by atoms with E-state index in [1.54, 1.807) is 10.7 Å². The molecule has 14 heavy (non-hydrogen) atoms. The second-order valence-electron chi connectivity index (χ2n) is 3.93. The number of carbonyl (C=O) groups is 1. The number of carbonyl (C=O) groups excluding carboxylic acids is 1. The summed E-state index contributed by atoms with van der Waals surface area (Å²) in [6.45, 7) is 3.79. The highest BCUT2D eigenvalue weighted by atomic mass is 16.1. The third-order valence-electron chi connectivity index (χ3n) is 2.42. The van der Waals surface area contributed by atoms with Gasteiger partial charge < -0.3 is 4.79 Å². The van der Waals surface area contributed by atoms with E-state index in [0.717, 1.165) is 17.4 Å². The van der Waals surface area contributed by atoms with Gasteiger partial charge in [-0.2, -0.15) is 5.10 Å². The van der Waals surface area contributed by atoms with Crippen molar-refractivity contribution in [2.45, 2.75) is 19.3 Å². The molecule has 0 aliphatic rings. The highest BCUT2D eigenvalue weighted by molar-refractivity contribution is 5.73. The zero-order valence-electron chi connectivity index (χ0n) is 8.27. The Kier molecular flexibility index (Phi) is 1.88. The van der Waals surface area contributed by atoms with Crippen molar-refractivity contribution < 1.29 is 4.79 Å². The smallest absolute Gasteiger partial charge is 0.130 e. The number of hydrogen-bond acceptors (Lipinski definition) is 2. The molecule has 0 bridgehead atoms. The fourth-order valence-corrected chi connectivity index (χ4v) is 1.49. The lowest BCUT2D eigenvalue weighted by molar-refractivity contribution is -0.111. The summed E-state index contributed by atoms with van der Waals surface area (Å²) in [5.41, 5.74) is 1.49. The molecule has 0 aliphatic carbocycles. The van der Waals surface area contributed by atoms with E-state index in [9.17, 15) is 4.79 Å². The van der Waals surface area contributed by atoms with Gasteiger partial charge >= 0.3 is 0 Å². The Morgan fingerprint density at radius 2 is 2.21 bits per heavy atom. The molecule has 0 aromatic carbocycles. The molecule has 2 aromatic heterocycles. The van der Waals surface area contributed by atoms with E-state index in [-0.39, 0.29) is 0 Å². The summed E-state index contributed by atoms with van der Waals surface area (Å²) >= 11 is 0. The maximum Gasteiger partial charge on any atom is 0.130 e. The molecule has 0 saturated carbocycles. The molecule has 0 radical (unpaired) electrons. The van der Waals surface area contributed by atoms with Crippen molar-refractivity contribution >= 4 is 11.8 Å². The second-order valence-corrected chi connectivity index (χ2v) is 3.93. The second kappa shape index (κ2) is 2.94. The van der Waals surface area contributed by atoms with Gasteiger partial charge in [-0.1, -0.05) is 6.07 Å². The maximum atomic E-state index is 10.9. The molecule has 0 N–H and O–H groups in total. The minimum absolute atomic E-state index is 0.469. The predicted octanol–water partition coefficient (Wildman–Crippen LogP) is 1.81. The zero-order valence-corrected chi connectivity index (χ0v) is 8.27. The minimum atomic E-state index is -0.469. The summed E-state index contributed by atoms with van der Waals surface area (Å²) in [5.74, 6) is 0. The van der Waals surface area contributed by atoms with E-state index in [1.165, 1.54) is 0 Å². The Morgan fingerprint density at radius 1 is 1.43 bits per heavy atom. The van der Waals surface area contributed by atoms with E-state index < -0.39 is 5.41 Å². The Morgan fingerprint density at radius 3 is 2.93 bits per heavy atom. The van der Waals surface area contributed by atoms with E-state index >= 15 is 0 Å². The first-order valence-corrected chi connectivity index (χ1v) is 4.54. The van der Waals surface area contributed by atoms with Gasteiger partial charge in [-0.3, -0.25) is 0 Å². The van der Waals surface area contributed by atoms with Crippen LogP contribution in [-0.4, -0.2) is 15.9 Å². The molecule has 72 valence electrons. The van der Waals surface area contributed by atoms with Crippen molar-refractivity contribution in [2.24, 2.45) is 0 Å². The van der Waals surface area contributed by atoms with E-state index in [4.69, 9.17) is 0 Å². The average molecular weight is 188 g/mol. The molecule has 0 unspecified atom stereocenters. The molecule has 3 nitrogen and oxygen atoms in total. The first-order valence-electron chi connectivity index (χ1n) is 4.54. The number of aldehydes is 1. The molecule has 0 spiro atoms. The highest BCUT2D eigenvalue weighted by Crippen LogP contribution is 2.24. The molecular weight excluding hydrogens is 176 g/mol. The van der Waals surface area contributed by atoms with Crippen molar-refractivity contribution in [1.82, 2.24) is 9.61 Å². The van der Waals surface area contributed by atoms with Gasteiger partial charge in [0, 0.05) is 17.2 Å². The van der Waals surface area contributed by atoms with Crippen LogP contribution < -0.4 is 0 Å². The van der Waals surface area contributed by atoms with Crippen molar-refractivity contribution in [3.63, 3.8) is 0 Å². The monoisotopic (exact) mass is 188 g/mol. The molecule has 3 heteroatoms. The van der Waals surface area contributed by atoms with Crippen LogP contribution in [-0.2, 0) is 10.2 Å². The summed E-state index contributed by atoms with van der Waals surface area (Å²) in [5, 5.41) is 4.19. The SMILES string of the molecule is CC(C)(C=O)c1cnn2ccccc12. The molecule has 2 rings (SSSR count). The van der Waals surface area contributed by atoms with Crippen LogP contribution >= 0.6 is 0 Å². The van der Waals surface area contributed by atoms with Gasteiger partial charge in [0.05, 0.1) is 11.7 Å². The minimum Gasteiger partial charge on any atom is -0.302 e. The molecule has 0 amide bonds. The van der Waals surface area contributed by atoms with Gasteiger partial charge in [-0.05, 0) is 26.0 Å². The van der Waals surface area contributed by atoms with Gasteiger partial charge in [-0.25, -0.2) is 4.52 Å². The molecule has 0 aliphatic heterocycles. The van der Waals surface area contributed by atoms with E-state index in [2.05, 4.69) is 5.10 Å². The Labute approximate surface area is 82.4 Å². The lowest BCUT2D eigenvalue weighted by Crippen LogP contribution is -2.18. The van der Waals surface area contributed by atoms with E-state index in [0.29, 0.717) is 0 Å². The fraction of sp³-hybridized carbons (Fsp3) is 0.273. The molecule has 0 fully saturated rings. The quantitative estimate of drug-likeness (QED) is 0.673. The van der Waals surface area contributed by atoms with Gasteiger partial charge in [0.25, 0.3) is 0 Å². The molecule has 0 atom stereocenters. The van der Waals surface area contributed by atoms with Gasteiger partial charge in [0.15, 0.2) is 0 Å². The first kappa shape index (κ1) is 8.94. The Hall–Kier alpha value is -1.64.